The maximum Gasteiger partial charge on any atom is 0.253 e. The quantitative estimate of drug-likeness (QED) is 0.675. The summed E-state index contributed by atoms with van der Waals surface area (Å²) in [6.07, 6.45) is 1.86. The molecule has 30 heavy (non-hydrogen) atoms. The molecule has 2 aliphatic heterocycles. The van der Waals surface area contributed by atoms with Gasteiger partial charge in [-0.1, -0.05) is 48.5 Å². The smallest absolute Gasteiger partial charge is 0.253 e. The molecule has 5 rings (SSSR count). The number of likely N-dealkylation sites (tertiary alicyclic amines) is 1. The number of rotatable bonds is 4. The highest BCUT2D eigenvalue weighted by molar-refractivity contribution is 5.94. The summed E-state index contributed by atoms with van der Waals surface area (Å²) >= 11 is 0. The van der Waals surface area contributed by atoms with E-state index in [2.05, 4.69) is 50.0 Å². The van der Waals surface area contributed by atoms with Crippen molar-refractivity contribution in [3.63, 3.8) is 0 Å². The molecule has 1 saturated heterocycles. The number of hydrogen-bond donors (Lipinski definition) is 0. The van der Waals surface area contributed by atoms with Gasteiger partial charge < -0.3 is 9.47 Å². The zero-order valence-corrected chi connectivity index (χ0v) is 17.2. The molecule has 1 fully saturated rings. The number of benzene rings is 2. The minimum atomic E-state index is 0.114. The molecule has 3 heterocycles. The van der Waals surface area contributed by atoms with Crippen molar-refractivity contribution in [2.45, 2.75) is 31.8 Å². The van der Waals surface area contributed by atoms with Crippen molar-refractivity contribution in [2.75, 3.05) is 26.2 Å². The number of fused-ring (bicyclic) bond motifs is 1. The van der Waals surface area contributed by atoms with Gasteiger partial charge in [0.05, 0.1) is 0 Å². The molecule has 6 nitrogen and oxygen atoms in total. The molecule has 1 atom stereocenters. The van der Waals surface area contributed by atoms with Gasteiger partial charge in [0.1, 0.15) is 11.6 Å². The third-order valence-corrected chi connectivity index (χ3v) is 6.26. The van der Waals surface area contributed by atoms with Crippen LogP contribution in [-0.4, -0.2) is 56.7 Å². The molecule has 0 spiro atoms. The van der Waals surface area contributed by atoms with E-state index in [1.807, 2.05) is 35.2 Å². The maximum atomic E-state index is 12.8. The van der Waals surface area contributed by atoms with Gasteiger partial charge in [0.25, 0.3) is 5.91 Å². The zero-order chi connectivity index (χ0) is 20.3. The normalized spacial score (nSPS) is 19.5. The van der Waals surface area contributed by atoms with Gasteiger partial charge in [-0.05, 0) is 24.1 Å². The number of carbonyl (C=O) groups is 1. The molecule has 0 N–H and O–H groups in total. The first-order valence-electron chi connectivity index (χ1n) is 10.8. The van der Waals surface area contributed by atoms with Crippen LogP contribution in [0.3, 0.4) is 0 Å². The summed E-state index contributed by atoms with van der Waals surface area (Å²) in [4.78, 5) is 17.3. The van der Waals surface area contributed by atoms with Crippen molar-refractivity contribution in [3.8, 4) is 0 Å². The van der Waals surface area contributed by atoms with E-state index >= 15 is 0 Å². The Labute approximate surface area is 177 Å². The third-order valence-electron chi connectivity index (χ3n) is 6.26. The minimum Gasteiger partial charge on any atom is -0.338 e. The number of amides is 1. The zero-order valence-electron chi connectivity index (χ0n) is 17.2. The molecule has 2 aromatic carbocycles. The molecular weight excluding hydrogens is 374 g/mol. The molecule has 0 radical (unpaired) electrons. The largest absolute Gasteiger partial charge is 0.338 e. The van der Waals surface area contributed by atoms with Crippen molar-refractivity contribution < 1.29 is 4.79 Å². The van der Waals surface area contributed by atoms with Crippen LogP contribution in [0, 0.1) is 0 Å². The van der Waals surface area contributed by atoms with Crippen molar-refractivity contribution >= 4 is 5.91 Å². The third kappa shape index (κ3) is 3.87. The highest BCUT2D eigenvalue weighted by Crippen LogP contribution is 2.28. The lowest BCUT2D eigenvalue weighted by Gasteiger charge is -2.20. The second kappa shape index (κ2) is 8.40. The first kappa shape index (κ1) is 19.0. The first-order valence-corrected chi connectivity index (χ1v) is 10.8. The molecule has 3 aromatic rings. The fourth-order valence-electron chi connectivity index (χ4n) is 4.61. The van der Waals surface area contributed by atoms with Crippen LogP contribution in [0.5, 0.6) is 0 Å². The predicted octanol–water partition coefficient (Wildman–Crippen LogP) is 2.97. The maximum absolute atomic E-state index is 12.8. The summed E-state index contributed by atoms with van der Waals surface area (Å²) in [6, 6.07) is 20.2. The highest BCUT2D eigenvalue weighted by Gasteiger charge is 2.32. The first-order chi connectivity index (χ1) is 14.8. The molecule has 154 valence electrons. The molecule has 1 amide bonds. The number of hydrogen-bond acceptors (Lipinski definition) is 4. The minimum absolute atomic E-state index is 0.114. The number of aromatic nitrogens is 3. The van der Waals surface area contributed by atoms with Crippen molar-refractivity contribution in [3.05, 3.63) is 83.4 Å². The van der Waals surface area contributed by atoms with Crippen LogP contribution in [0.25, 0.3) is 0 Å². The van der Waals surface area contributed by atoms with Gasteiger partial charge in [-0.15, -0.1) is 10.2 Å². The summed E-state index contributed by atoms with van der Waals surface area (Å²) < 4.78 is 2.31. The van der Waals surface area contributed by atoms with E-state index in [9.17, 15) is 4.79 Å². The summed E-state index contributed by atoms with van der Waals surface area (Å²) in [7, 11) is 0. The Balaban J connectivity index is 1.25. The van der Waals surface area contributed by atoms with Crippen LogP contribution in [0.15, 0.2) is 60.7 Å². The van der Waals surface area contributed by atoms with E-state index in [1.165, 1.54) is 5.56 Å². The lowest BCUT2D eigenvalue weighted by molar-refractivity contribution is 0.0790. The second-order valence-corrected chi connectivity index (χ2v) is 8.24. The second-order valence-electron chi connectivity index (χ2n) is 8.24. The van der Waals surface area contributed by atoms with E-state index in [1.54, 1.807) is 0 Å². The van der Waals surface area contributed by atoms with Crippen LogP contribution < -0.4 is 0 Å². The average molecular weight is 402 g/mol. The molecular formula is C24H27N5O. The fraction of sp³-hybridized carbons (Fsp3) is 0.375. The van der Waals surface area contributed by atoms with Gasteiger partial charge in [0, 0.05) is 57.2 Å². The summed E-state index contributed by atoms with van der Waals surface area (Å²) in [5.74, 6) is 2.51. The Morgan fingerprint density at radius 3 is 2.47 bits per heavy atom. The van der Waals surface area contributed by atoms with Gasteiger partial charge in [0.15, 0.2) is 0 Å². The Morgan fingerprint density at radius 1 is 0.900 bits per heavy atom. The number of carbonyl (C=O) groups excluding carboxylic acids is 1. The molecule has 0 saturated carbocycles. The van der Waals surface area contributed by atoms with Crippen LogP contribution in [-0.2, 0) is 19.5 Å². The van der Waals surface area contributed by atoms with E-state index in [0.717, 1.165) is 69.3 Å². The van der Waals surface area contributed by atoms with Crippen LogP contribution in [0.2, 0.25) is 0 Å². The molecule has 1 aromatic heterocycles. The van der Waals surface area contributed by atoms with Crippen molar-refractivity contribution in [1.82, 2.24) is 24.6 Å². The van der Waals surface area contributed by atoms with E-state index in [4.69, 9.17) is 0 Å². The molecule has 6 heteroatoms. The molecule has 1 unspecified atom stereocenters. The monoisotopic (exact) mass is 401 g/mol. The Morgan fingerprint density at radius 2 is 1.67 bits per heavy atom. The van der Waals surface area contributed by atoms with Gasteiger partial charge in [-0.25, -0.2) is 0 Å². The fourth-order valence-corrected chi connectivity index (χ4v) is 4.61. The highest BCUT2D eigenvalue weighted by atomic mass is 16.2. The summed E-state index contributed by atoms with van der Waals surface area (Å²) in [5, 5.41) is 9.07. The van der Waals surface area contributed by atoms with E-state index in [0.29, 0.717) is 0 Å². The molecule has 0 bridgehead atoms. The summed E-state index contributed by atoms with van der Waals surface area (Å²) in [5.41, 5.74) is 2.11. The standard InChI is InChI=1S/C24H27N5O/c30-24(20-9-5-2-6-10-20)28-14-11-21(18-28)23-26-25-22-12-13-27(15-16-29(22)23)17-19-7-3-1-4-8-19/h1-10,21H,11-18H2. The predicted molar refractivity (Wildman–Crippen MR) is 115 cm³/mol. The lowest BCUT2D eigenvalue weighted by atomic mass is 10.1. The summed E-state index contributed by atoms with van der Waals surface area (Å²) in [6.45, 7) is 5.37. The average Bonchev–Trinajstić information content (AvgIpc) is 3.39. The van der Waals surface area contributed by atoms with E-state index in [-0.39, 0.29) is 11.8 Å². The van der Waals surface area contributed by atoms with Gasteiger partial charge in [-0.2, -0.15) is 0 Å². The number of nitrogens with zero attached hydrogens (tertiary/aromatic N) is 5. The van der Waals surface area contributed by atoms with Gasteiger partial charge in [0.2, 0.25) is 0 Å². The van der Waals surface area contributed by atoms with Crippen molar-refractivity contribution in [2.24, 2.45) is 0 Å². The Kier molecular flexibility index (Phi) is 5.32. The molecule has 2 aliphatic rings. The van der Waals surface area contributed by atoms with Gasteiger partial charge >= 0.3 is 0 Å². The van der Waals surface area contributed by atoms with Gasteiger partial charge in [-0.3, -0.25) is 9.69 Å². The Bertz CT molecular complexity index is 1000. The molecule has 0 aliphatic carbocycles. The van der Waals surface area contributed by atoms with Crippen LogP contribution >= 0.6 is 0 Å². The topological polar surface area (TPSA) is 54.3 Å². The van der Waals surface area contributed by atoms with Crippen LogP contribution in [0.4, 0.5) is 0 Å². The van der Waals surface area contributed by atoms with Crippen molar-refractivity contribution in [1.29, 1.82) is 0 Å². The SMILES string of the molecule is O=C(c1ccccc1)N1CCC(c2nnc3n2CCN(Cc2ccccc2)CC3)C1. The lowest BCUT2D eigenvalue weighted by Crippen LogP contribution is -2.29. The van der Waals surface area contributed by atoms with E-state index < -0.39 is 0 Å². The Hall–Kier alpha value is -2.99. The van der Waals surface area contributed by atoms with Crippen LogP contribution in [0.1, 0.15) is 39.9 Å².